The first-order valence-electron chi connectivity index (χ1n) is 13.2. The van der Waals surface area contributed by atoms with Crippen molar-refractivity contribution in [3.63, 3.8) is 0 Å². The fraction of sp³-hybridized carbons (Fsp3) is 0.429. The highest BCUT2D eigenvalue weighted by atomic mass is 19.4. The van der Waals surface area contributed by atoms with Gasteiger partial charge in [0.1, 0.15) is 0 Å². The molecule has 0 saturated carbocycles. The highest BCUT2D eigenvalue weighted by molar-refractivity contribution is 5.93. The summed E-state index contributed by atoms with van der Waals surface area (Å²) in [4.78, 5) is 21.6. The second-order valence-electron chi connectivity index (χ2n) is 10.3. The molecule has 0 aliphatic carbocycles. The number of amides is 1. The number of fused-ring (bicyclic) bond motifs is 1. The van der Waals surface area contributed by atoms with Gasteiger partial charge in [0, 0.05) is 62.7 Å². The van der Waals surface area contributed by atoms with Crippen LogP contribution in [-0.4, -0.2) is 66.3 Å². The van der Waals surface area contributed by atoms with Crippen molar-refractivity contribution in [2.75, 3.05) is 26.2 Å². The van der Waals surface area contributed by atoms with Crippen LogP contribution >= 0.6 is 0 Å². The van der Waals surface area contributed by atoms with E-state index >= 15 is 0 Å². The molecule has 1 aromatic carbocycles. The van der Waals surface area contributed by atoms with E-state index in [4.69, 9.17) is 0 Å². The summed E-state index contributed by atoms with van der Waals surface area (Å²) in [6, 6.07) is 9.65. The van der Waals surface area contributed by atoms with Gasteiger partial charge >= 0.3 is 6.18 Å². The zero-order valence-electron chi connectivity index (χ0n) is 22.5. The van der Waals surface area contributed by atoms with Crippen LogP contribution in [0.5, 0.6) is 0 Å². The number of nitrogens with zero attached hydrogens (tertiary/aromatic N) is 7. The molecule has 0 bridgehead atoms. The van der Waals surface area contributed by atoms with Gasteiger partial charge in [-0.25, -0.2) is 9.50 Å². The molecule has 11 heteroatoms. The summed E-state index contributed by atoms with van der Waals surface area (Å²) in [6.07, 6.45) is -2.63. The van der Waals surface area contributed by atoms with Gasteiger partial charge in [-0.2, -0.15) is 23.4 Å². The predicted octanol–water partition coefficient (Wildman–Crippen LogP) is 5.02. The van der Waals surface area contributed by atoms with Crippen LogP contribution in [0.15, 0.2) is 42.6 Å². The summed E-state index contributed by atoms with van der Waals surface area (Å²) in [5.74, 6) is -0.0965. The fourth-order valence-electron chi connectivity index (χ4n) is 4.86. The van der Waals surface area contributed by atoms with E-state index in [9.17, 15) is 18.0 Å². The first-order chi connectivity index (χ1) is 18.5. The second-order valence-corrected chi connectivity index (χ2v) is 10.3. The summed E-state index contributed by atoms with van der Waals surface area (Å²) in [5.41, 5.74) is 2.94. The highest BCUT2D eigenvalue weighted by Gasteiger charge is 2.36. The van der Waals surface area contributed by atoms with Gasteiger partial charge in [-0.05, 0) is 31.4 Å². The minimum Gasteiger partial charge on any atom is -0.335 e. The highest BCUT2D eigenvalue weighted by Crippen LogP contribution is 2.33. The third kappa shape index (κ3) is 5.54. The average molecular weight is 540 g/mol. The van der Waals surface area contributed by atoms with Gasteiger partial charge < -0.3 is 4.90 Å². The van der Waals surface area contributed by atoms with Crippen molar-refractivity contribution in [1.29, 1.82) is 0 Å². The molecule has 8 nitrogen and oxygen atoms in total. The van der Waals surface area contributed by atoms with Gasteiger partial charge in [-0.3, -0.25) is 14.4 Å². The van der Waals surface area contributed by atoms with Crippen molar-refractivity contribution in [3.8, 4) is 11.3 Å². The molecule has 4 heterocycles. The number of hydrogen-bond acceptors (Lipinski definition) is 5. The van der Waals surface area contributed by atoms with Crippen LogP contribution < -0.4 is 0 Å². The van der Waals surface area contributed by atoms with Crippen LogP contribution in [0.25, 0.3) is 16.9 Å². The van der Waals surface area contributed by atoms with Crippen LogP contribution in [0.1, 0.15) is 59.7 Å². The first kappa shape index (κ1) is 26.9. The Morgan fingerprint density at radius 3 is 2.31 bits per heavy atom. The van der Waals surface area contributed by atoms with Crippen LogP contribution in [0.2, 0.25) is 0 Å². The maximum atomic E-state index is 14.0. The Balaban J connectivity index is 1.36. The number of benzene rings is 1. The van der Waals surface area contributed by atoms with Crippen molar-refractivity contribution in [1.82, 2.24) is 34.2 Å². The summed E-state index contributed by atoms with van der Waals surface area (Å²) in [5, 5.41) is 8.54. The lowest BCUT2D eigenvalue weighted by atomic mass is 10.0. The Bertz CT molecular complexity index is 1480. The van der Waals surface area contributed by atoms with Crippen molar-refractivity contribution in [2.24, 2.45) is 0 Å². The third-order valence-corrected chi connectivity index (χ3v) is 7.24. The lowest BCUT2D eigenvalue weighted by Crippen LogP contribution is -2.48. The van der Waals surface area contributed by atoms with Crippen LogP contribution in [0.3, 0.4) is 0 Å². The molecule has 1 saturated heterocycles. The van der Waals surface area contributed by atoms with Gasteiger partial charge in [0.25, 0.3) is 5.91 Å². The largest absolute Gasteiger partial charge is 0.433 e. The van der Waals surface area contributed by atoms with Gasteiger partial charge in [0.2, 0.25) is 0 Å². The summed E-state index contributed by atoms with van der Waals surface area (Å²) in [7, 11) is 0. The van der Waals surface area contributed by atoms with Crippen molar-refractivity contribution in [3.05, 3.63) is 70.8 Å². The Morgan fingerprint density at radius 2 is 1.72 bits per heavy atom. The molecule has 1 aliphatic rings. The van der Waals surface area contributed by atoms with E-state index in [1.807, 2.05) is 36.9 Å². The van der Waals surface area contributed by atoms with Gasteiger partial charge in [0.05, 0.1) is 11.4 Å². The molecule has 0 radical (unpaired) electrons. The van der Waals surface area contributed by atoms with E-state index in [2.05, 4.69) is 33.9 Å². The molecule has 0 spiro atoms. The quantitative estimate of drug-likeness (QED) is 0.344. The van der Waals surface area contributed by atoms with E-state index in [1.165, 1.54) is 6.07 Å². The zero-order chi connectivity index (χ0) is 27.9. The number of piperazine rings is 1. The number of aryl methyl sites for hydroxylation is 2. The van der Waals surface area contributed by atoms with Crippen molar-refractivity contribution in [2.45, 2.75) is 52.9 Å². The molecular formula is C28H32F3N7O. The molecular weight excluding hydrogens is 507 g/mol. The molecule has 206 valence electrons. The van der Waals surface area contributed by atoms with E-state index in [0.29, 0.717) is 37.7 Å². The molecule has 3 aromatic heterocycles. The van der Waals surface area contributed by atoms with Crippen molar-refractivity contribution >= 4 is 11.6 Å². The zero-order valence-corrected chi connectivity index (χ0v) is 22.5. The number of alkyl halides is 3. The standard InChI is InChI=1S/C28H32F3N7O/c1-5-37-17-22(19(4)33-37)16-35-10-12-36(13-11-35)27(39)24-15-26-32-23(14-25(28(29,30)31)38(26)34-24)21-8-6-20(7-9-21)18(2)3/h6-9,14-15,17-18H,5,10-13,16H2,1-4H3. The Morgan fingerprint density at radius 1 is 1.03 bits per heavy atom. The Hall–Kier alpha value is -3.73. The molecule has 5 rings (SSSR count). The summed E-state index contributed by atoms with van der Waals surface area (Å²) < 4.78 is 44.7. The molecule has 1 aliphatic heterocycles. The van der Waals surface area contributed by atoms with Crippen LogP contribution in [0, 0.1) is 6.92 Å². The molecule has 1 amide bonds. The van der Waals surface area contributed by atoms with Crippen LogP contribution in [0.4, 0.5) is 13.2 Å². The number of aromatic nitrogens is 5. The van der Waals surface area contributed by atoms with E-state index in [-0.39, 0.29) is 17.0 Å². The maximum Gasteiger partial charge on any atom is 0.433 e. The number of carbonyl (C=O) groups is 1. The SMILES string of the molecule is CCn1cc(CN2CCN(C(=O)c3cc4nc(-c5ccc(C(C)C)cc5)cc(C(F)(F)F)n4n3)CC2)c(C)n1. The van der Waals surface area contributed by atoms with Gasteiger partial charge in [0.15, 0.2) is 17.0 Å². The topological polar surface area (TPSA) is 71.6 Å². The minimum absolute atomic E-state index is 0.0156. The molecule has 1 fully saturated rings. The van der Waals surface area contributed by atoms with E-state index in [1.54, 1.807) is 17.0 Å². The normalized spacial score (nSPS) is 15.0. The lowest BCUT2D eigenvalue weighted by Gasteiger charge is -2.34. The minimum atomic E-state index is -4.67. The molecule has 39 heavy (non-hydrogen) atoms. The summed E-state index contributed by atoms with van der Waals surface area (Å²) >= 11 is 0. The maximum absolute atomic E-state index is 14.0. The van der Waals surface area contributed by atoms with E-state index in [0.717, 1.165) is 40.5 Å². The molecule has 4 aromatic rings. The van der Waals surface area contributed by atoms with Crippen LogP contribution in [-0.2, 0) is 19.3 Å². The van der Waals surface area contributed by atoms with Gasteiger partial charge in [-0.1, -0.05) is 38.1 Å². The number of carbonyl (C=O) groups excluding carboxylic acids is 1. The van der Waals surface area contributed by atoms with Gasteiger partial charge in [-0.15, -0.1) is 0 Å². The molecule has 0 atom stereocenters. The Labute approximate surface area is 225 Å². The lowest BCUT2D eigenvalue weighted by molar-refractivity contribution is -0.142. The molecule has 0 unspecified atom stereocenters. The van der Waals surface area contributed by atoms with E-state index < -0.39 is 17.8 Å². The smallest absolute Gasteiger partial charge is 0.335 e. The predicted molar refractivity (Wildman–Crippen MR) is 141 cm³/mol. The molecule has 0 N–H and O–H groups in total. The first-order valence-corrected chi connectivity index (χ1v) is 13.2. The fourth-order valence-corrected chi connectivity index (χ4v) is 4.86. The third-order valence-electron chi connectivity index (χ3n) is 7.24. The summed E-state index contributed by atoms with van der Waals surface area (Å²) in [6.45, 7) is 11.9. The Kier molecular flexibility index (Phi) is 7.19. The monoisotopic (exact) mass is 539 g/mol. The van der Waals surface area contributed by atoms with Crippen molar-refractivity contribution < 1.29 is 18.0 Å². The number of rotatable bonds is 6. The second kappa shape index (κ2) is 10.4. The average Bonchev–Trinajstić information content (AvgIpc) is 3.50. The number of hydrogen-bond donors (Lipinski definition) is 0. The number of halogens is 3.